The zero-order valence-corrected chi connectivity index (χ0v) is 14.0. The van der Waals surface area contributed by atoms with E-state index >= 15 is 0 Å². The van der Waals surface area contributed by atoms with Gasteiger partial charge in [0, 0.05) is 0 Å². The lowest BCUT2D eigenvalue weighted by atomic mass is 9.80. The Bertz CT molecular complexity index is 236. The van der Waals surface area contributed by atoms with Crippen LogP contribution in [0.5, 0.6) is 0 Å². The van der Waals surface area contributed by atoms with Crippen molar-refractivity contribution in [3.63, 3.8) is 0 Å². The third kappa shape index (κ3) is 5.16. The van der Waals surface area contributed by atoms with Crippen LogP contribution in [-0.2, 0) is 0 Å². The highest BCUT2D eigenvalue weighted by molar-refractivity contribution is 5.14. The van der Waals surface area contributed by atoms with E-state index in [1.165, 1.54) is 38.5 Å². The standard InChI is InChI=1S/C13H22.C3H8.C2H6/c1-10(2)12-5-7-13(9-12)6-4-11(3)8-13;1-3-2;1-2/h4,10,12H,5-9H2,1-3H3;3H2,1-2H3;1-2H3. The van der Waals surface area contributed by atoms with E-state index in [2.05, 4.69) is 40.7 Å². The third-order valence-electron chi connectivity index (χ3n) is 4.22. The molecule has 108 valence electrons. The molecule has 2 unspecified atom stereocenters. The Hall–Kier alpha value is -0.260. The van der Waals surface area contributed by atoms with Gasteiger partial charge in [0.25, 0.3) is 0 Å². The lowest BCUT2D eigenvalue weighted by Crippen LogP contribution is -2.14. The molecule has 0 aromatic rings. The van der Waals surface area contributed by atoms with Crippen molar-refractivity contribution in [1.29, 1.82) is 0 Å². The smallest absolute Gasteiger partial charge is 0.0223 e. The summed E-state index contributed by atoms with van der Waals surface area (Å²) in [6.45, 7) is 15.3. The highest BCUT2D eigenvalue weighted by atomic mass is 14.5. The molecule has 1 spiro atoms. The van der Waals surface area contributed by atoms with E-state index in [0.29, 0.717) is 0 Å². The number of hydrogen-bond acceptors (Lipinski definition) is 0. The van der Waals surface area contributed by atoms with Crippen LogP contribution in [0.4, 0.5) is 0 Å². The van der Waals surface area contributed by atoms with E-state index in [1.54, 1.807) is 5.57 Å². The first-order valence-corrected chi connectivity index (χ1v) is 8.18. The van der Waals surface area contributed by atoms with Crippen LogP contribution in [0.15, 0.2) is 11.6 Å². The number of allylic oxidation sites excluding steroid dienone is 2. The molecule has 0 aromatic heterocycles. The predicted octanol–water partition coefficient (Wildman–Crippen LogP) is 6.61. The minimum absolute atomic E-state index is 0.721. The quantitative estimate of drug-likeness (QED) is 0.460. The van der Waals surface area contributed by atoms with Crippen LogP contribution in [0, 0.1) is 17.3 Å². The molecule has 1 saturated carbocycles. The normalized spacial score (nSPS) is 29.6. The van der Waals surface area contributed by atoms with E-state index < -0.39 is 0 Å². The van der Waals surface area contributed by atoms with Gasteiger partial charge in [-0.15, -0.1) is 0 Å². The van der Waals surface area contributed by atoms with Crippen LogP contribution < -0.4 is 0 Å². The van der Waals surface area contributed by atoms with Gasteiger partial charge in [-0.25, -0.2) is 0 Å². The van der Waals surface area contributed by atoms with Crippen molar-refractivity contribution in [2.24, 2.45) is 17.3 Å². The second-order valence-corrected chi connectivity index (χ2v) is 6.39. The molecular weight excluding hydrogens is 216 g/mol. The summed E-state index contributed by atoms with van der Waals surface area (Å²) >= 11 is 0. The maximum absolute atomic E-state index is 2.47. The lowest BCUT2D eigenvalue weighted by Gasteiger charge is -2.24. The molecule has 0 saturated heterocycles. The minimum atomic E-state index is 0.721. The fraction of sp³-hybridized carbons (Fsp3) is 0.889. The van der Waals surface area contributed by atoms with Gasteiger partial charge in [-0.3, -0.25) is 0 Å². The maximum Gasteiger partial charge on any atom is -0.0223 e. The average Bonchev–Trinajstić information content (AvgIpc) is 2.91. The van der Waals surface area contributed by atoms with Crippen molar-refractivity contribution in [3.8, 4) is 0 Å². The molecule has 0 heterocycles. The van der Waals surface area contributed by atoms with Crippen LogP contribution in [0.25, 0.3) is 0 Å². The van der Waals surface area contributed by atoms with Gasteiger partial charge < -0.3 is 0 Å². The van der Waals surface area contributed by atoms with Crippen LogP contribution >= 0.6 is 0 Å². The molecule has 2 rings (SSSR count). The molecule has 18 heavy (non-hydrogen) atoms. The number of hydrogen-bond donors (Lipinski definition) is 0. The molecular formula is C18H36. The van der Waals surface area contributed by atoms with Gasteiger partial charge >= 0.3 is 0 Å². The van der Waals surface area contributed by atoms with Crippen molar-refractivity contribution >= 4 is 0 Å². The molecule has 0 nitrogen and oxygen atoms in total. The highest BCUT2D eigenvalue weighted by Crippen LogP contribution is 2.53. The summed E-state index contributed by atoms with van der Waals surface area (Å²) in [5.41, 5.74) is 2.36. The highest BCUT2D eigenvalue weighted by Gasteiger charge is 2.41. The molecule has 2 atom stereocenters. The van der Waals surface area contributed by atoms with Crippen molar-refractivity contribution in [1.82, 2.24) is 0 Å². The van der Waals surface area contributed by atoms with Crippen molar-refractivity contribution < 1.29 is 0 Å². The van der Waals surface area contributed by atoms with E-state index in [-0.39, 0.29) is 0 Å². The van der Waals surface area contributed by atoms with Crippen molar-refractivity contribution in [2.45, 2.75) is 87.0 Å². The maximum atomic E-state index is 2.47. The Labute approximate surface area is 116 Å². The molecule has 2 aliphatic rings. The summed E-state index contributed by atoms with van der Waals surface area (Å²) in [5, 5.41) is 0. The predicted molar refractivity (Wildman–Crippen MR) is 84.9 cm³/mol. The van der Waals surface area contributed by atoms with E-state index in [4.69, 9.17) is 0 Å². The summed E-state index contributed by atoms with van der Waals surface area (Å²) in [7, 11) is 0. The van der Waals surface area contributed by atoms with Gasteiger partial charge in [0.15, 0.2) is 0 Å². The molecule has 0 N–H and O–H groups in total. The fourth-order valence-electron chi connectivity index (χ4n) is 3.29. The first-order valence-electron chi connectivity index (χ1n) is 8.18. The summed E-state index contributed by atoms with van der Waals surface area (Å²) in [6, 6.07) is 0. The third-order valence-corrected chi connectivity index (χ3v) is 4.22. The average molecular weight is 252 g/mol. The van der Waals surface area contributed by atoms with Gasteiger partial charge in [0.2, 0.25) is 0 Å². The Morgan fingerprint density at radius 2 is 1.83 bits per heavy atom. The Morgan fingerprint density at radius 3 is 2.17 bits per heavy atom. The van der Waals surface area contributed by atoms with Gasteiger partial charge in [-0.05, 0) is 56.3 Å². The van der Waals surface area contributed by atoms with E-state index in [1.807, 2.05) is 13.8 Å². The van der Waals surface area contributed by atoms with Crippen LogP contribution in [0.1, 0.15) is 87.0 Å². The van der Waals surface area contributed by atoms with Gasteiger partial charge in [0.05, 0.1) is 0 Å². The van der Waals surface area contributed by atoms with Gasteiger partial charge in [-0.1, -0.05) is 59.6 Å². The summed E-state index contributed by atoms with van der Waals surface area (Å²) < 4.78 is 0. The molecule has 0 bridgehead atoms. The van der Waals surface area contributed by atoms with Crippen molar-refractivity contribution in [2.75, 3.05) is 0 Å². The number of rotatable bonds is 1. The van der Waals surface area contributed by atoms with Crippen molar-refractivity contribution in [3.05, 3.63) is 11.6 Å². The van der Waals surface area contributed by atoms with Crippen LogP contribution in [-0.4, -0.2) is 0 Å². The summed E-state index contributed by atoms with van der Waals surface area (Å²) in [5.74, 6) is 1.92. The topological polar surface area (TPSA) is 0 Å². The Balaban J connectivity index is 0.000000509. The molecule has 1 fully saturated rings. The van der Waals surface area contributed by atoms with Crippen LogP contribution in [0.3, 0.4) is 0 Å². The molecule has 0 aromatic carbocycles. The zero-order chi connectivity index (χ0) is 14.2. The molecule has 0 heteroatoms. The lowest BCUT2D eigenvalue weighted by molar-refractivity contribution is 0.282. The second-order valence-electron chi connectivity index (χ2n) is 6.39. The molecule has 2 aliphatic carbocycles. The summed E-state index contributed by atoms with van der Waals surface area (Å²) in [4.78, 5) is 0. The SMILES string of the molecule is CC.CC1=CCC2(CCC(C(C)C)C2)C1.CCC. The molecule has 0 radical (unpaired) electrons. The van der Waals surface area contributed by atoms with E-state index in [9.17, 15) is 0 Å². The van der Waals surface area contributed by atoms with Gasteiger partial charge in [0.1, 0.15) is 0 Å². The molecule has 0 amide bonds. The Kier molecular flexibility index (Phi) is 8.65. The monoisotopic (exact) mass is 252 g/mol. The zero-order valence-electron chi connectivity index (χ0n) is 14.0. The Morgan fingerprint density at radius 1 is 1.28 bits per heavy atom. The minimum Gasteiger partial charge on any atom is -0.0850 e. The largest absolute Gasteiger partial charge is 0.0850 e. The second kappa shape index (κ2) is 8.77. The first kappa shape index (κ1) is 17.7. The summed E-state index contributed by atoms with van der Waals surface area (Å²) in [6.07, 6.45) is 11.0. The van der Waals surface area contributed by atoms with Crippen LogP contribution in [0.2, 0.25) is 0 Å². The van der Waals surface area contributed by atoms with E-state index in [0.717, 1.165) is 17.3 Å². The van der Waals surface area contributed by atoms with Gasteiger partial charge in [-0.2, -0.15) is 0 Å². The molecule has 0 aliphatic heterocycles. The first-order chi connectivity index (χ1) is 8.53. The fourth-order valence-corrected chi connectivity index (χ4v) is 3.29.